The van der Waals surface area contributed by atoms with E-state index in [1.807, 2.05) is 13.8 Å². The average Bonchev–Trinajstić information content (AvgIpc) is 2.00. The Morgan fingerprint density at radius 1 is 1.45 bits per heavy atom. The Bertz CT molecular complexity index is 110. The highest BCUT2D eigenvalue weighted by Crippen LogP contribution is 2.08. The average molecular weight is 158 g/mol. The van der Waals surface area contributed by atoms with Crippen molar-refractivity contribution in [2.75, 3.05) is 6.61 Å². The lowest BCUT2D eigenvalue weighted by molar-refractivity contribution is -0.147. The molecule has 1 unspecified atom stereocenters. The summed E-state index contributed by atoms with van der Waals surface area (Å²) < 4.78 is 4.86. The lowest BCUT2D eigenvalue weighted by atomic mass is 10.1. The summed E-state index contributed by atoms with van der Waals surface area (Å²) in [6.07, 6.45) is 3.21. The summed E-state index contributed by atoms with van der Waals surface area (Å²) in [5.41, 5.74) is 0. The van der Waals surface area contributed by atoms with E-state index in [2.05, 4.69) is 6.92 Å². The van der Waals surface area contributed by atoms with Crippen molar-refractivity contribution in [1.29, 1.82) is 0 Å². The third-order valence-corrected chi connectivity index (χ3v) is 1.68. The predicted molar refractivity (Wildman–Crippen MR) is 45.3 cm³/mol. The molecule has 66 valence electrons. The zero-order valence-electron chi connectivity index (χ0n) is 7.72. The fourth-order valence-electron chi connectivity index (χ4n) is 0.913. The SMILES string of the molecule is CCCCC(C)C(=O)OCC. The maximum Gasteiger partial charge on any atom is 0.308 e. The minimum atomic E-state index is -0.0547. The molecule has 0 amide bonds. The molecule has 0 saturated carbocycles. The minimum absolute atomic E-state index is 0.0547. The highest BCUT2D eigenvalue weighted by molar-refractivity contribution is 5.71. The number of hydrogen-bond acceptors (Lipinski definition) is 2. The van der Waals surface area contributed by atoms with Crippen LogP contribution >= 0.6 is 0 Å². The molecule has 2 heteroatoms. The second-order valence-corrected chi connectivity index (χ2v) is 2.80. The largest absolute Gasteiger partial charge is 0.466 e. The molecule has 0 bridgehead atoms. The van der Waals surface area contributed by atoms with Gasteiger partial charge in [0.2, 0.25) is 0 Å². The van der Waals surface area contributed by atoms with E-state index in [1.54, 1.807) is 0 Å². The second kappa shape index (κ2) is 6.20. The second-order valence-electron chi connectivity index (χ2n) is 2.80. The van der Waals surface area contributed by atoms with Crippen LogP contribution in [0.25, 0.3) is 0 Å². The van der Waals surface area contributed by atoms with Gasteiger partial charge in [-0.2, -0.15) is 0 Å². The summed E-state index contributed by atoms with van der Waals surface area (Å²) in [6.45, 7) is 6.38. The van der Waals surface area contributed by atoms with Crippen LogP contribution in [0.1, 0.15) is 40.0 Å². The molecule has 0 fully saturated rings. The van der Waals surface area contributed by atoms with E-state index < -0.39 is 0 Å². The fraction of sp³-hybridized carbons (Fsp3) is 0.889. The van der Waals surface area contributed by atoms with E-state index in [0.717, 1.165) is 19.3 Å². The van der Waals surface area contributed by atoms with Crippen molar-refractivity contribution >= 4 is 5.97 Å². The Morgan fingerprint density at radius 2 is 2.09 bits per heavy atom. The molecule has 0 aromatic carbocycles. The van der Waals surface area contributed by atoms with Crippen LogP contribution in [0.3, 0.4) is 0 Å². The van der Waals surface area contributed by atoms with Gasteiger partial charge in [-0.1, -0.05) is 26.7 Å². The zero-order chi connectivity index (χ0) is 8.69. The molecule has 0 aliphatic rings. The van der Waals surface area contributed by atoms with Gasteiger partial charge in [-0.25, -0.2) is 0 Å². The molecule has 0 aliphatic heterocycles. The van der Waals surface area contributed by atoms with Gasteiger partial charge in [0.1, 0.15) is 0 Å². The zero-order valence-corrected chi connectivity index (χ0v) is 7.72. The summed E-state index contributed by atoms with van der Waals surface area (Å²) in [5, 5.41) is 0. The van der Waals surface area contributed by atoms with Crippen molar-refractivity contribution in [1.82, 2.24) is 0 Å². The van der Waals surface area contributed by atoms with Gasteiger partial charge in [0.25, 0.3) is 0 Å². The highest BCUT2D eigenvalue weighted by Gasteiger charge is 2.11. The van der Waals surface area contributed by atoms with Crippen LogP contribution in [0.4, 0.5) is 0 Å². The number of carbonyl (C=O) groups excluding carboxylic acids is 1. The molecule has 0 saturated heterocycles. The molecular weight excluding hydrogens is 140 g/mol. The molecule has 11 heavy (non-hydrogen) atoms. The minimum Gasteiger partial charge on any atom is -0.466 e. The van der Waals surface area contributed by atoms with E-state index >= 15 is 0 Å². The number of esters is 1. The number of rotatable bonds is 5. The fourth-order valence-corrected chi connectivity index (χ4v) is 0.913. The van der Waals surface area contributed by atoms with E-state index in [0.29, 0.717) is 6.61 Å². The molecule has 0 N–H and O–H groups in total. The normalized spacial score (nSPS) is 12.6. The molecule has 0 radical (unpaired) electrons. The van der Waals surface area contributed by atoms with Gasteiger partial charge in [0.15, 0.2) is 0 Å². The highest BCUT2D eigenvalue weighted by atomic mass is 16.5. The molecule has 2 nitrogen and oxygen atoms in total. The smallest absolute Gasteiger partial charge is 0.308 e. The molecule has 0 spiro atoms. The molecule has 0 heterocycles. The Kier molecular flexibility index (Phi) is 5.90. The molecule has 1 atom stereocenters. The molecule has 0 aromatic rings. The van der Waals surface area contributed by atoms with Crippen molar-refractivity contribution in [3.8, 4) is 0 Å². The summed E-state index contributed by atoms with van der Waals surface area (Å²) in [4.78, 5) is 11.0. The monoisotopic (exact) mass is 158 g/mol. The van der Waals surface area contributed by atoms with Crippen LogP contribution in [0.5, 0.6) is 0 Å². The number of ether oxygens (including phenoxy) is 1. The summed E-state index contributed by atoms with van der Waals surface area (Å²) in [6, 6.07) is 0. The maximum atomic E-state index is 11.0. The molecule has 0 aromatic heterocycles. The van der Waals surface area contributed by atoms with Gasteiger partial charge in [0, 0.05) is 0 Å². The summed E-state index contributed by atoms with van der Waals surface area (Å²) >= 11 is 0. The Hall–Kier alpha value is -0.530. The molecular formula is C9H18O2. The van der Waals surface area contributed by atoms with Crippen LogP contribution in [-0.2, 0) is 9.53 Å². The number of carbonyl (C=O) groups is 1. The predicted octanol–water partition coefficient (Wildman–Crippen LogP) is 2.38. The lowest BCUT2D eigenvalue weighted by Crippen LogP contribution is -2.14. The summed E-state index contributed by atoms with van der Waals surface area (Å²) in [5.74, 6) is 0.0239. The lowest BCUT2D eigenvalue weighted by Gasteiger charge is -2.08. The molecule has 0 rings (SSSR count). The quantitative estimate of drug-likeness (QED) is 0.574. The first-order chi connectivity index (χ1) is 5.22. The number of unbranched alkanes of at least 4 members (excludes halogenated alkanes) is 1. The van der Waals surface area contributed by atoms with E-state index in [1.165, 1.54) is 0 Å². The van der Waals surface area contributed by atoms with Crippen LogP contribution in [-0.4, -0.2) is 12.6 Å². The number of hydrogen-bond donors (Lipinski definition) is 0. The Morgan fingerprint density at radius 3 is 2.55 bits per heavy atom. The van der Waals surface area contributed by atoms with Crippen molar-refractivity contribution < 1.29 is 9.53 Å². The van der Waals surface area contributed by atoms with E-state index in [-0.39, 0.29) is 11.9 Å². The third kappa shape index (κ3) is 4.82. The van der Waals surface area contributed by atoms with Crippen molar-refractivity contribution in [3.05, 3.63) is 0 Å². The van der Waals surface area contributed by atoms with Crippen LogP contribution in [0, 0.1) is 5.92 Å². The third-order valence-electron chi connectivity index (χ3n) is 1.68. The first-order valence-electron chi connectivity index (χ1n) is 4.39. The van der Waals surface area contributed by atoms with Gasteiger partial charge in [0.05, 0.1) is 12.5 Å². The van der Waals surface area contributed by atoms with Crippen molar-refractivity contribution in [2.45, 2.75) is 40.0 Å². The summed E-state index contributed by atoms with van der Waals surface area (Å²) in [7, 11) is 0. The first-order valence-corrected chi connectivity index (χ1v) is 4.39. The van der Waals surface area contributed by atoms with Crippen molar-refractivity contribution in [3.63, 3.8) is 0 Å². The van der Waals surface area contributed by atoms with Crippen LogP contribution < -0.4 is 0 Å². The molecule has 0 aliphatic carbocycles. The van der Waals surface area contributed by atoms with Crippen molar-refractivity contribution in [2.24, 2.45) is 5.92 Å². The standard InChI is InChI=1S/C9H18O2/c1-4-6-7-8(3)9(10)11-5-2/h8H,4-7H2,1-3H3. The topological polar surface area (TPSA) is 26.3 Å². The maximum absolute atomic E-state index is 11.0. The van der Waals surface area contributed by atoms with Crippen LogP contribution in [0.15, 0.2) is 0 Å². The van der Waals surface area contributed by atoms with Gasteiger partial charge in [-0.3, -0.25) is 4.79 Å². The van der Waals surface area contributed by atoms with Gasteiger partial charge in [-0.15, -0.1) is 0 Å². The Balaban J connectivity index is 3.46. The van der Waals surface area contributed by atoms with E-state index in [4.69, 9.17) is 4.74 Å². The van der Waals surface area contributed by atoms with Gasteiger partial charge >= 0.3 is 5.97 Å². The Labute approximate surface area is 68.9 Å². The van der Waals surface area contributed by atoms with Gasteiger partial charge < -0.3 is 4.74 Å². The van der Waals surface area contributed by atoms with Crippen LogP contribution in [0.2, 0.25) is 0 Å². The van der Waals surface area contributed by atoms with E-state index in [9.17, 15) is 4.79 Å². The first kappa shape index (κ1) is 10.5. The van der Waals surface area contributed by atoms with Gasteiger partial charge in [-0.05, 0) is 13.3 Å².